The van der Waals surface area contributed by atoms with E-state index in [9.17, 15) is 4.79 Å². The Labute approximate surface area is 159 Å². The number of pyridine rings is 1. The van der Waals surface area contributed by atoms with Gasteiger partial charge in [0, 0.05) is 41.7 Å². The fourth-order valence-electron chi connectivity index (χ4n) is 4.68. The molecular weight excluding hydrogens is 332 g/mol. The van der Waals surface area contributed by atoms with Gasteiger partial charge in [-0.05, 0) is 45.9 Å². The van der Waals surface area contributed by atoms with E-state index in [0.29, 0.717) is 6.42 Å². The highest BCUT2D eigenvalue weighted by Gasteiger charge is 2.41. The van der Waals surface area contributed by atoms with E-state index in [1.54, 1.807) is 6.20 Å². The van der Waals surface area contributed by atoms with Crippen LogP contribution in [0.15, 0.2) is 72.2 Å². The van der Waals surface area contributed by atoms with Gasteiger partial charge in [-0.3, -0.25) is 9.78 Å². The molecule has 2 heterocycles. The van der Waals surface area contributed by atoms with Crippen LogP contribution in [0.3, 0.4) is 0 Å². The molecule has 0 radical (unpaired) electrons. The Kier molecular flexibility index (Phi) is 3.48. The van der Waals surface area contributed by atoms with Crippen molar-refractivity contribution >= 4 is 22.2 Å². The summed E-state index contributed by atoms with van der Waals surface area (Å²) in [4.78, 5) is 17.6. The smallest absolute Gasteiger partial charge is 0.162 e. The zero-order valence-electron chi connectivity index (χ0n) is 15.6. The molecule has 1 aliphatic carbocycles. The molecule has 2 aliphatic rings. The molecule has 0 spiro atoms. The molecule has 0 unspecified atom stereocenters. The van der Waals surface area contributed by atoms with Gasteiger partial charge in [0.05, 0.1) is 0 Å². The molecule has 0 bridgehead atoms. The predicted molar refractivity (Wildman–Crippen MR) is 109 cm³/mol. The fraction of sp³-hybridized carbons (Fsp3) is 0.250. The number of Topliss-reactive ketones (excluding diaryl/α,β-unsaturated/α-hetero) is 1. The number of ketones is 1. The maximum absolute atomic E-state index is 13.3. The first-order chi connectivity index (χ1) is 13.0. The van der Waals surface area contributed by atoms with E-state index >= 15 is 0 Å². The number of nitrogens with zero attached hydrogens (tertiary/aromatic N) is 1. The highest BCUT2D eigenvalue weighted by atomic mass is 16.1. The minimum absolute atomic E-state index is 0.0171. The minimum Gasteiger partial charge on any atom is -0.358 e. The SMILES string of the molecule is CC1(C)CC(=O)C2=C(C1)Nc1ccc3ccccc3c1[C@@H]2c1cccnc1. The van der Waals surface area contributed by atoms with Crippen LogP contribution in [0.5, 0.6) is 0 Å². The van der Waals surface area contributed by atoms with Crippen LogP contribution in [-0.4, -0.2) is 10.8 Å². The van der Waals surface area contributed by atoms with E-state index in [4.69, 9.17) is 0 Å². The number of carbonyl (C=O) groups excluding carboxylic acids is 1. The second-order valence-electron chi connectivity index (χ2n) is 8.43. The van der Waals surface area contributed by atoms with Gasteiger partial charge in [-0.15, -0.1) is 0 Å². The van der Waals surface area contributed by atoms with Crippen molar-refractivity contribution in [2.24, 2.45) is 5.41 Å². The molecule has 1 N–H and O–H groups in total. The third kappa shape index (κ3) is 2.57. The van der Waals surface area contributed by atoms with Crippen molar-refractivity contribution in [3.63, 3.8) is 0 Å². The van der Waals surface area contributed by atoms with E-state index in [2.05, 4.69) is 66.6 Å². The van der Waals surface area contributed by atoms with Gasteiger partial charge in [0.1, 0.15) is 0 Å². The molecule has 1 aliphatic heterocycles. The Morgan fingerprint density at radius 2 is 1.89 bits per heavy atom. The van der Waals surface area contributed by atoms with Crippen LogP contribution < -0.4 is 5.32 Å². The fourth-order valence-corrected chi connectivity index (χ4v) is 4.68. The first-order valence-corrected chi connectivity index (χ1v) is 9.48. The summed E-state index contributed by atoms with van der Waals surface area (Å²) in [6.07, 6.45) is 5.16. The minimum atomic E-state index is -0.0698. The van der Waals surface area contributed by atoms with E-state index in [1.807, 2.05) is 12.3 Å². The summed E-state index contributed by atoms with van der Waals surface area (Å²) in [5, 5.41) is 6.00. The van der Waals surface area contributed by atoms with Crippen LogP contribution in [0, 0.1) is 5.41 Å². The second-order valence-corrected chi connectivity index (χ2v) is 8.43. The lowest BCUT2D eigenvalue weighted by Crippen LogP contribution is -2.33. The number of hydrogen-bond donors (Lipinski definition) is 1. The number of aromatic nitrogens is 1. The molecule has 1 atom stereocenters. The molecule has 134 valence electrons. The van der Waals surface area contributed by atoms with Crippen molar-refractivity contribution in [1.29, 1.82) is 0 Å². The van der Waals surface area contributed by atoms with Crippen molar-refractivity contribution in [2.75, 3.05) is 5.32 Å². The van der Waals surface area contributed by atoms with Gasteiger partial charge in [-0.25, -0.2) is 0 Å². The molecule has 3 heteroatoms. The van der Waals surface area contributed by atoms with Crippen LogP contribution in [-0.2, 0) is 4.79 Å². The van der Waals surface area contributed by atoms with Crippen LogP contribution in [0.25, 0.3) is 10.8 Å². The average molecular weight is 354 g/mol. The summed E-state index contributed by atoms with van der Waals surface area (Å²) in [6.45, 7) is 4.34. The molecule has 0 fully saturated rings. The van der Waals surface area contributed by atoms with Crippen molar-refractivity contribution < 1.29 is 4.79 Å². The lowest BCUT2D eigenvalue weighted by molar-refractivity contribution is -0.118. The van der Waals surface area contributed by atoms with Crippen molar-refractivity contribution in [1.82, 2.24) is 4.98 Å². The highest BCUT2D eigenvalue weighted by Crippen LogP contribution is 2.50. The van der Waals surface area contributed by atoms with Crippen LogP contribution in [0.2, 0.25) is 0 Å². The number of anilines is 1. The molecule has 3 aromatic rings. The van der Waals surface area contributed by atoms with Gasteiger partial charge >= 0.3 is 0 Å². The summed E-state index contributed by atoms with van der Waals surface area (Å²) in [5.41, 5.74) is 5.35. The number of rotatable bonds is 1. The largest absolute Gasteiger partial charge is 0.358 e. The molecular formula is C24H22N2O. The normalized spacial score (nSPS) is 20.8. The summed E-state index contributed by atoms with van der Waals surface area (Å²) < 4.78 is 0. The molecule has 0 saturated heterocycles. The number of allylic oxidation sites excluding steroid dienone is 2. The summed E-state index contributed by atoms with van der Waals surface area (Å²) in [7, 11) is 0. The molecule has 2 aromatic carbocycles. The number of fused-ring (bicyclic) bond motifs is 3. The van der Waals surface area contributed by atoms with E-state index < -0.39 is 0 Å². The topological polar surface area (TPSA) is 42.0 Å². The van der Waals surface area contributed by atoms with Crippen molar-refractivity contribution in [2.45, 2.75) is 32.6 Å². The zero-order chi connectivity index (χ0) is 18.6. The monoisotopic (exact) mass is 354 g/mol. The maximum atomic E-state index is 13.3. The van der Waals surface area contributed by atoms with Gasteiger partial charge in [0.15, 0.2) is 5.78 Å². The van der Waals surface area contributed by atoms with Gasteiger partial charge < -0.3 is 5.32 Å². The third-order valence-electron chi connectivity index (χ3n) is 5.77. The number of benzene rings is 2. The molecule has 0 saturated carbocycles. The number of nitrogens with one attached hydrogen (secondary N) is 1. The van der Waals surface area contributed by atoms with E-state index in [1.165, 1.54) is 16.3 Å². The summed E-state index contributed by atoms with van der Waals surface area (Å²) in [6, 6.07) is 16.8. The number of hydrogen-bond acceptors (Lipinski definition) is 3. The van der Waals surface area contributed by atoms with Crippen LogP contribution in [0.1, 0.15) is 43.7 Å². The second kappa shape index (κ2) is 5.78. The van der Waals surface area contributed by atoms with Gasteiger partial charge in [-0.1, -0.05) is 50.2 Å². The Bertz CT molecular complexity index is 1100. The Morgan fingerprint density at radius 3 is 2.70 bits per heavy atom. The first kappa shape index (κ1) is 16.2. The highest BCUT2D eigenvalue weighted by molar-refractivity contribution is 6.04. The Balaban J connectivity index is 1.82. The molecule has 3 nitrogen and oxygen atoms in total. The van der Waals surface area contributed by atoms with Crippen LogP contribution >= 0.6 is 0 Å². The predicted octanol–water partition coefficient (Wildman–Crippen LogP) is 5.44. The third-order valence-corrected chi connectivity index (χ3v) is 5.77. The molecule has 5 rings (SSSR count). The number of carbonyl (C=O) groups is 1. The average Bonchev–Trinajstić information content (AvgIpc) is 2.66. The summed E-state index contributed by atoms with van der Waals surface area (Å²) in [5.74, 6) is 0.181. The van der Waals surface area contributed by atoms with E-state index in [-0.39, 0.29) is 17.1 Å². The first-order valence-electron chi connectivity index (χ1n) is 9.48. The van der Waals surface area contributed by atoms with Crippen LogP contribution in [0.4, 0.5) is 5.69 Å². The lowest BCUT2D eigenvalue weighted by Gasteiger charge is -2.39. The van der Waals surface area contributed by atoms with Gasteiger partial charge in [0.2, 0.25) is 0 Å². The van der Waals surface area contributed by atoms with Gasteiger partial charge in [0.25, 0.3) is 0 Å². The van der Waals surface area contributed by atoms with Crippen molar-refractivity contribution in [3.8, 4) is 0 Å². The Morgan fingerprint density at radius 1 is 1.04 bits per heavy atom. The molecule has 1 aromatic heterocycles. The molecule has 27 heavy (non-hydrogen) atoms. The van der Waals surface area contributed by atoms with Crippen molar-refractivity contribution in [3.05, 3.63) is 83.3 Å². The zero-order valence-corrected chi connectivity index (χ0v) is 15.6. The maximum Gasteiger partial charge on any atom is 0.162 e. The molecule has 0 amide bonds. The van der Waals surface area contributed by atoms with Gasteiger partial charge in [-0.2, -0.15) is 0 Å². The quantitative estimate of drug-likeness (QED) is 0.633. The van der Waals surface area contributed by atoms with E-state index in [0.717, 1.165) is 28.9 Å². The Hall–Kier alpha value is -2.94. The lowest BCUT2D eigenvalue weighted by atomic mass is 9.68. The summed E-state index contributed by atoms with van der Waals surface area (Å²) >= 11 is 0. The standard InChI is InChI=1S/C24H22N2O/c1-24(2)12-19-23(20(27)13-24)21(16-7-5-11-25-14-16)22-17-8-4-3-6-15(17)9-10-18(22)26-19/h3-11,14,21,26H,12-13H2,1-2H3/t21-/m0/s1.